The van der Waals surface area contributed by atoms with Crippen LogP contribution in [0.2, 0.25) is 0 Å². The number of phenols is 1. The van der Waals surface area contributed by atoms with Crippen LogP contribution in [0, 0.1) is 0 Å². The molecule has 0 aliphatic carbocycles. The summed E-state index contributed by atoms with van der Waals surface area (Å²) in [4.78, 5) is 23.5. The number of nitrogens with one attached hydrogen (secondary N) is 2. The number of aromatic hydroxyl groups is 1. The van der Waals surface area contributed by atoms with E-state index in [0.717, 1.165) is 5.56 Å². The fourth-order valence-electron chi connectivity index (χ4n) is 2.13. The van der Waals surface area contributed by atoms with Crippen molar-refractivity contribution in [2.24, 2.45) is 0 Å². The molecule has 0 atom stereocenters. The summed E-state index contributed by atoms with van der Waals surface area (Å²) in [5.41, 5.74) is 1.35. The van der Waals surface area contributed by atoms with Crippen molar-refractivity contribution in [3.63, 3.8) is 0 Å². The molecule has 0 aliphatic heterocycles. The molecule has 0 spiro atoms. The maximum absolute atomic E-state index is 11.8. The molecule has 0 aliphatic rings. The van der Waals surface area contributed by atoms with E-state index in [0.29, 0.717) is 31.5 Å². The SMILES string of the molecule is O=C(CCc1ccccc1O)NCCNC(=O)c1ccccc1. The minimum atomic E-state index is -0.158. The molecule has 0 radical (unpaired) electrons. The molecule has 120 valence electrons. The van der Waals surface area contributed by atoms with Gasteiger partial charge in [0.25, 0.3) is 5.91 Å². The van der Waals surface area contributed by atoms with E-state index in [4.69, 9.17) is 0 Å². The average Bonchev–Trinajstić information content (AvgIpc) is 2.58. The molecular weight excluding hydrogens is 292 g/mol. The molecule has 0 saturated carbocycles. The summed E-state index contributed by atoms with van der Waals surface area (Å²) >= 11 is 0. The molecule has 5 nitrogen and oxygen atoms in total. The molecule has 0 fully saturated rings. The van der Waals surface area contributed by atoms with Crippen LogP contribution in [0.1, 0.15) is 22.3 Å². The van der Waals surface area contributed by atoms with Crippen molar-refractivity contribution in [1.82, 2.24) is 10.6 Å². The van der Waals surface area contributed by atoms with E-state index in [2.05, 4.69) is 10.6 Å². The largest absolute Gasteiger partial charge is 0.508 e. The van der Waals surface area contributed by atoms with E-state index >= 15 is 0 Å². The third-order valence-electron chi connectivity index (χ3n) is 3.38. The van der Waals surface area contributed by atoms with E-state index in [1.165, 1.54) is 0 Å². The predicted octanol–water partition coefficient (Wildman–Crippen LogP) is 1.87. The highest BCUT2D eigenvalue weighted by molar-refractivity contribution is 5.94. The van der Waals surface area contributed by atoms with Crippen LogP contribution in [-0.2, 0) is 11.2 Å². The molecule has 5 heteroatoms. The Bertz CT molecular complexity index is 656. The zero-order chi connectivity index (χ0) is 16.5. The summed E-state index contributed by atoms with van der Waals surface area (Å²) in [6, 6.07) is 15.9. The van der Waals surface area contributed by atoms with Crippen LogP contribution in [0.15, 0.2) is 54.6 Å². The highest BCUT2D eigenvalue weighted by Crippen LogP contribution is 2.16. The zero-order valence-electron chi connectivity index (χ0n) is 12.8. The van der Waals surface area contributed by atoms with Gasteiger partial charge < -0.3 is 15.7 Å². The molecular formula is C18H20N2O3. The number of carbonyl (C=O) groups excluding carboxylic acids is 2. The number of aryl methyl sites for hydroxylation is 1. The fraction of sp³-hybridized carbons (Fsp3) is 0.222. The second-order valence-corrected chi connectivity index (χ2v) is 5.10. The number of benzene rings is 2. The number of amides is 2. The van der Waals surface area contributed by atoms with Crippen LogP contribution in [-0.4, -0.2) is 30.0 Å². The quantitative estimate of drug-likeness (QED) is 0.683. The van der Waals surface area contributed by atoms with E-state index < -0.39 is 0 Å². The van der Waals surface area contributed by atoms with Gasteiger partial charge >= 0.3 is 0 Å². The van der Waals surface area contributed by atoms with Gasteiger partial charge in [0.2, 0.25) is 5.91 Å². The molecule has 2 amide bonds. The maximum Gasteiger partial charge on any atom is 0.251 e. The topological polar surface area (TPSA) is 78.4 Å². The summed E-state index contributed by atoms with van der Waals surface area (Å²) in [7, 11) is 0. The van der Waals surface area contributed by atoms with Gasteiger partial charge in [-0.1, -0.05) is 36.4 Å². The number of rotatable bonds is 7. The van der Waals surface area contributed by atoms with Crippen molar-refractivity contribution in [2.45, 2.75) is 12.8 Å². The second kappa shape index (κ2) is 8.58. The Labute approximate surface area is 135 Å². The van der Waals surface area contributed by atoms with Gasteiger partial charge in [-0.3, -0.25) is 9.59 Å². The van der Waals surface area contributed by atoms with Crippen molar-refractivity contribution in [1.29, 1.82) is 0 Å². The number of carbonyl (C=O) groups is 2. The minimum Gasteiger partial charge on any atom is -0.508 e. The zero-order valence-corrected chi connectivity index (χ0v) is 12.8. The van der Waals surface area contributed by atoms with Gasteiger partial charge in [0.05, 0.1) is 0 Å². The molecule has 0 saturated heterocycles. The van der Waals surface area contributed by atoms with Crippen molar-refractivity contribution < 1.29 is 14.7 Å². The van der Waals surface area contributed by atoms with Crippen molar-refractivity contribution >= 4 is 11.8 Å². The lowest BCUT2D eigenvalue weighted by molar-refractivity contribution is -0.121. The predicted molar refractivity (Wildman–Crippen MR) is 88.2 cm³/mol. The molecule has 23 heavy (non-hydrogen) atoms. The summed E-state index contributed by atoms with van der Waals surface area (Å²) in [5.74, 6) is -0.0632. The molecule has 2 rings (SSSR count). The Morgan fingerprint density at radius 3 is 2.26 bits per heavy atom. The molecule has 0 unspecified atom stereocenters. The first kappa shape index (κ1) is 16.5. The van der Waals surface area contributed by atoms with Gasteiger partial charge in [0.1, 0.15) is 5.75 Å². The molecule has 2 aromatic carbocycles. The second-order valence-electron chi connectivity index (χ2n) is 5.10. The van der Waals surface area contributed by atoms with Gasteiger partial charge in [-0.25, -0.2) is 0 Å². The standard InChI is InChI=1S/C18H20N2O3/c21-16-9-5-4-6-14(16)10-11-17(22)19-12-13-20-18(23)15-7-2-1-3-8-15/h1-9,21H,10-13H2,(H,19,22)(H,20,23). The Balaban J connectivity index is 1.63. The Morgan fingerprint density at radius 1 is 0.870 bits per heavy atom. The molecule has 0 heterocycles. The summed E-state index contributed by atoms with van der Waals surface area (Å²) < 4.78 is 0. The molecule has 0 aromatic heterocycles. The fourth-order valence-corrected chi connectivity index (χ4v) is 2.13. The van der Waals surface area contributed by atoms with Crippen molar-refractivity contribution in [3.05, 3.63) is 65.7 Å². The average molecular weight is 312 g/mol. The van der Waals surface area contributed by atoms with Gasteiger partial charge in [0.15, 0.2) is 0 Å². The van der Waals surface area contributed by atoms with Crippen molar-refractivity contribution in [2.75, 3.05) is 13.1 Å². The summed E-state index contributed by atoms with van der Waals surface area (Å²) in [6.45, 7) is 0.744. The van der Waals surface area contributed by atoms with Gasteiger partial charge in [-0.15, -0.1) is 0 Å². The highest BCUT2D eigenvalue weighted by Gasteiger charge is 2.06. The van der Waals surface area contributed by atoms with Crippen LogP contribution in [0.3, 0.4) is 0 Å². The summed E-state index contributed by atoms with van der Waals surface area (Å²) in [5, 5.41) is 15.1. The van der Waals surface area contributed by atoms with Crippen LogP contribution in [0.25, 0.3) is 0 Å². The Hall–Kier alpha value is -2.82. The van der Waals surface area contributed by atoms with Crippen LogP contribution in [0.5, 0.6) is 5.75 Å². The first-order valence-corrected chi connectivity index (χ1v) is 7.53. The number of hydrogen-bond donors (Lipinski definition) is 3. The number of hydrogen-bond acceptors (Lipinski definition) is 3. The lowest BCUT2D eigenvalue weighted by Gasteiger charge is -2.08. The first-order chi connectivity index (χ1) is 11.2. The monoisotopic (exact) mass is 312 g/mol. The van der Waals surface area contributed by atoms with Crippen LogP contribution >= 0.6 is 0 Å². The minimum absolute atomic E-state index is 0.109. The maximum atomic E-state index is 11.8. The summed E-state index contributed by atoms with van der Waals surface area (Å²) in [6.07, 6.45) is 0.777. The van der Waals surface area contributed by atoms with E-state index in [1.807, 2.05) is 12.1 Å². The van der Waals surface area contributed by atoms with E-state index in [-0.39, 0.29) is 17.6 Å². The Kier molecular flexibility index (Phi) is 6.17. The van der Waals surface area contributed by atoms with Crippen molar-refractivity contribution in [3.8, 4) is 5.75 Å². The van der Waals surface area contributed by atoms with E-state index in [9.17, 15) is 14.7 Å². The normalized spacial score (nSPS) is 10.1. The number of phenolic OH excluding ortho intramolecular Hbond substituents is 1. The molecule has 3 N–H and O–H groups in total. The molecule has 0 bridgehead atoms. The van der Waals surface area contributed by atoms with Crippen LogP contribution in [0.4, 0.5) is 0 Å². The van der Waals surface area contributed by atoms with E-state index in [1.54, 1.807) is 42.5 Å². The van der Waals surface area contributed by atoms with Gasteiger partial charge in [-0.05, 0) is 30.2 Å². The highest BCUT2D eigenvalue weighted by atomic mass is 16.3. The Morgan fingerprint density at radius 2 is 1.52 bits per heavy atom. The number of para-hydroxylation sites is 1. The lowest BCUT2D eigenvalue weighted by Crippen LogP contribution is -2.34. The van der Waals surface area contributed by atoms with Crippen LogP contribution < -0.4 is 10.6 Å². The molecule has 2 aromatic rings. The smallest absolute Gasteiger partial charge is 0.251 e. The third-order valence-corrected chi connectivity index (χ3v) is 3.38. The first-order valence-electron chi connectivity index (χ1n) is 7.53. The van der Waals surface area contributed by atoms with Gasteiger partial charge in [0, 0.05) is 25.1 Å². The van der Waals surface area contributed by atoms with Gasteiger partial charge in [-0.2, -0.15) is 0 Å². The third kappa shape index (κ3) is 5.47. The lowest BCUT2D eigenvalue weighted by atomic mass is 10.1.